The number of ether oxygens (including phenoxy) is 2. The highest BCUT2D eigenvalue weighted by molar-refractivity contribution is 7.85. The highest BCUT2D eigenvalue weighted by Gasteiger charge is 2.45. The maximum atomic E-state index is 13.0. The van der Waals surface area contributed by atoms with Crippen LogP contribution in [0.4, 0.5) is 9.59 Å². The molecule has 0 unspecified atom stereocenters. The highest BCUT2D eigenvalue weighted by atomic mass is 32.2. The summed E-state index contributed by atoms with van der Waals surface area (Å²) in [6, 6.07) is 17.5. The Bertz CT molecular complexity index is 1090. The topological polar surface area (TPSA) is 111 Å². The molecule has 1 aliphatic rings. The Kier molecular flexibility index (Phi) is 8.74. The maximum Gasteiger partial charge on any atom is 0.426 e. The number of hydrogen-bond acceptors (Lipinski definition) is 7. The minimum absolute atomic E-state index is 0.163. The summed E-state index contributed by atoms with van der Waals surface area (Å²) >= 11 is 0. The fraction of sp³-hybridized carbons (Fsp3) is 0.440. The molecule has 3 rings (SSSR count). The Balaban J connectivity index is 1.58. The van der Waals surface area contributed by atoms with Crippen LogP contribution in [0.25, 0.3) is 0 Å². The third-order valence-electron chi connectivity index (χ3n) is 5.21. The van der Waals surface area contributed by atoms with Gasteiger partial charge in [-0.15, -0.1) is 0 Å². The van der Waals surface area contributed by atoms with Crippen LogP contribution in [0.1, 0.15) is 57.2 Å². The van der Waals surface area contributed by atoms with Gasteiger partial charge >= 0.3 is 22.5 Å². The molecule has 2 amide bonds. The van der Waals surface area contributed by atoms with Gasteiger partial charge in [0, 0.05) is 13.0 Å². The molecule has 0 aliphatic carbocycles. The highest BCUT2D eigenvalue weighted by Crippen LogP contribution is 2.37. The van der Waals surface area contributed by atoms with E-state index in [0.29, 0.717) is 29.3 Å². The van der Waals surface area contributed by atoms with Crippen molar-refractivity contribution in [2.45, 2.75) is 64.4 Å². The van der Waals surface area contributed by atoms with Crippen LogP contribution in [0.3, 0.4) is 0 Å². The Labute approximate surface area is 206 Å². The van der Waals surface area contributed by atoms with E-state index in [1.54, 1.807) is 45.0 Å². The second-order valence-electron chi connectivity index (χ2n) is 9.25. The zero-order chi connectivity index (χ0) is 25.5. The summed E-state index contributed by atoms with van der Waals surface area (Å²) < 4.78 is 42.5. The van der Waals surface area contributed by atoms with E-state index in [4.69, 9.17) is 13.7 Å². The van der Waals surface area contributed by atoms with Crippen molar-refractivity contribution in [1.82, 2.24) is 9.62 Å². The number of hydrogen-bond donors (Lipinski definition) is 1. The van der Waals surface area contributed by atoms with Crippen LogP contribution < -0.4 is 5.32 Å². The molecular weight excluding hydrogens is 472 g/mol. The first-order valence-electron chi connectivity index (χ1n) is 11.5. The summed E-state index contributed by atoms with van der Waals surface area (Å²) in [5, 5.41) is 2.66. The lowest BCUT2D eigenvalue weighted by atomic mass is 9.98. The zero-order valence-electron chi connectivity index (χ0n) is 20.2. The first-order chi connectivity index (χ1) is 16.5. The van der Waals surface area contributed by atoms with Crippen LogP contribution in [0, 0.1) is 0 Å². The van der Waals surface area contributed by atoms with Gasteiger partial charge in [0.15, 0.2) is 0 Å². The second-order valence-corrected chi connectivity index (χ2v) is 10.7. The molecule has 1 saturated heterocycles. The first-order valence-corrected chi connectivity index (χ1v) is 12.9. The molecule has 2 atom stereocenters. The van der Waals surface area contributed by atoms with Crippen LogP contribution in [0.5, 0.6) is 0 Å². The fourth-order valence-electron chi connectivity index (χ4n) is 3.69. The number of amides is 2. The molecule has 0 bridgehead atoms. The third-order valence-corrected chi connectivity index (χ3v) is 6.61. The number of rotatable bonds is 7. The lowest BCUT2D eigenvalue weighted by Crippen LogP contribution is -2.49. The molecule has 9 nitrogen and oxygen atoms in total. The van der Waals surface area contributed by atoms with E-state index in [-0.39, 0.29) is 13.0 Å². The van der Waals surface area contributed by atoms with Crippen LogP contribution in [-0.4, -0.2) is 43.2 Å². The molecule has 2 aromatic rings. The average Bonchev–Trinajstić information content (AvgIpc) is 2.79. The summed E-state index contributed by atoms with van der Waals surface area (Å²) in [7, 11) is -4.39. The standard InChI is InChI=1S/C25H32N2O7S/c1-25(2,3)33-24(29)27-22(20-13-8-5-9-14-20)17-21(34-35(27,30)31)15-10-16-26-23(28)32-18-19-11-6-4-7-12-19/h4-9,11-14,21-22H,10,15-18H2,1-3H3,(H,26,28)/t21-,22-/m0/s1. The second kappa shape index (κ2) is 11.5. The van der Waals surface area contributed by atoms with Gasteiger partial charge in [0.25, 0.3) is 0 Å². The van der Waals surface area contributed by atoms with E-state index >= 15 is 0 Å². The SMILES string of the molecule is CC(C)(C)OC(=O)N1[C@H](c2ccccc2)C[C@H](CCCNC(=O)OCc2ccccc2)OS1(=O)=O. The van der Waals surface area contributed by atoms with Crippen LogP contribution >= 0.6 is 0 Å². The number of benzene rings is 2. The molecule has 0 radical (unpaired) electrons. The van der Waals surface area contributed by atoms with Gasteiger partial charge in [0.05, 0.1) is 12.1 Å². The van der Waals surface area contributed by atoms with Gasteiger partial charge in [-0.25, -0.2) is 13.8 Å². The molecule has 2 aromatic carbocycles. The number of carbonyl (C=O) groups excluding carboxylic acids is 2. The molecule has 10 heteroatoms. The van der Waals surface area contributed by atoms with E-state index in [0.717, 1.165) is 5.56 Å². The summed E-state index contributed by atoms with van der Waals surface area (Å²) in [6.07, 6.45) is -1.10. The van der Waals surface area contributed by atoms with Crippen molar-refractivity contribution >= 4 is 22.5 Å². The van der Waals surface area contributed by atoms with Gasteiger partial charge in [0.1, 0.15) is 12.2 Å². The molecule has 1 aliphatic heterocycles. The Morgan fingerprint density at radius 2 is 1.69 bits per heavy atom. The molecule has 35 heavy (non-hydrogen) atoms. The number of nitrogens with one attached hydrogen (secondary N) is 1. The van der Waals surface area contributed by atoms with Crippen LogP contribution in [0.15, 0.2) is 60.7 Å². The molecule has 0 spiro atoms. The fourth-order valence-corrected chi connectivity index (χ4v) is 5.04. The normalized spacial score (nSPS) is 19.6. The van der Waals surface area contributed by atoms with Gasteiger partial charge in [-0.2, -0.15) is 12.7 Å². The molecular formula is C25H32N2O7S. The van der Waals surface area contributed by atoms with Gasteiger partial charge in [-0.1, -0.05) is 60.7 Å². The Morgan fingerprint density at radius 3 is 2.31 bits per heavy atom. The summed E-state index contributed by atoms with van der Waals surface area (Å²) in [5.41, 5.74) is 0.675. The first kappa shape index (κ1) is 26.5. The van der Waals surface area contributed by atoms with E-state index in [1.165, 1.54) is 0 Å². The Morgan fingerprint density at radius 1 is 1.06 bits per heavy atom. The minimum Gasteiger partial charge on any atom is -0.445 e. The molecule has 0 aromatic heterocycles. The van der Waals surface area contributed by atoms with Crippen molar-refractivity contribution in [2.75, 3.05) is 6.54 Å². The molecule has 1 fully saturated rings. The number of nitrogens with zero attached hydrogens (tertiary/aromatic N) is 1. The van der Waals surface area contributed by atoms with E-state index < -0.39 is 40.2 Å². The Hall–Kier alpha value is -3.11. The van der Waals surface area contributed by atoms with Crippen molar-refractivity contribution in [3.8, 4) is 0 Å². The molecule has 190 valence electrons. The third kappa shape index (κ3) is 7.97. The van der Waals surface area contributed by atoms with Gasteiger partial charge in [-0.05, 0) is 44.7 Å². The average molecular weight is 505 g/mol. The van der Waals surface area contributed by atoms with E-state index in [1.807, 2.05) is 36.4 Å². The van der Waals surface area contributed by atoms with Crippen molar-refractivity contribution in [3.63, 3.8) is 0 Å². The minimum atomic E-state index is -4.39. The van der Waals surface area contributed by atoms with Crippen LogP contribution in [-0.2, 0) is 30.6 Å². The lowest BCUT2D eigenvalue weighted by molar-refractivity contribution is 0.0168. The number of alkyl carbamates (subject to hydrolysis) is 1. The maximum absolute atomic E-state index is 13.0. The summed E-state index contributed by atoms with van der Waals surface area (Å²) in [4.78, 5) is 24.7. The summed E-state index contributed by atoms with van der Waals surface area (Å²) in [6.45, 7) is 5.46. The van der Waals surface area contributed by atoms with Crippen molar-refractivity contribution in [3.05, 3.63) is 71.8 Å². The quantitative estimate of drug-likeness (QED) is 0.544. The van der Waals surface area contributed by atoms with E-state index in [9.17, 15) is 18.0 Å². The molecule has 1 heterocycles. The molecule has 1 N–H and O–H groups in total. The van der Waals surface area contributed by atoms with Crippen molar-refractivity contribution < 1.29 is 31.7 Å². The predicted octanol–water partition coefficient (Wildman–Crippen LogP) is 4.71. The van der Waals surface area contributed by atoms with Crippen LogP contribution in [0.2, 0.25) is 0 Å². The predicted molar refractivity (Wildman–Crippen MR) is 130 cm³/mol. The van der Waals surface area contributed by atoms with E-state index in [2.05, 4.69) is 5.32 Å². The van der Waals surface area contributed by atoms with Gasteiger partial charge in [-0.3, -0.25) is 0 Å². The largest absolute Gasteiger partial charge is 0.445 e. The smallest absolute Gasteiger partial charge is 0.426 e. The number of carbonyl (C=O) groups is 2. The molecule has 0 saturated carbocycles. The van der Waals surface area contributed by atoms with Gasteiger partial charge < -0.3 is 14.8 Å². The van der Waals surface area contributed by atoms with Crippen molar-refractivity contribution in [2.24, 2.45) is 0 Å². The van der Waals surface area contributed by atoms with Crippen molar-refractivity contribution in [1.29, 1.82) is 0 Å². The zero-order valence-corrected chi connectivity index (χ0v) is 21.0. The monoisotopic (exact) mass is 504 g/mol. The summed E-state index contributed by atoms with van der Waals surface area (Å²) in [5.74, 6) is 0. The lowest BCUT2D eigenvalue weighted by Gasteiger charge is -2.38. The van der Waals surface area contributed by atoms with Gasteiger partial charge in [0.2, 0.25) is 0 Å².